The summed E-state index contributed by atoms with van der Waals surface area (Å²) in [6.07, 6.45) is -0.0916. The van der Waals surface area contributed by atoms with E-state index in [1.807, 2.05) is 24.3 Å². The molecule has 21 heavy (non-hydrogen) atoms. The standard InChI is InChI=1S/C15H22N2O3S/c1-11-10-20-14(9-18)8-17(11)6-7-19-13-4-2-12(3-5-13)15(16)21/h2-5,11,14,18H,6-10H2,1H3,(H2,16,21). The first-order chi connectivity index (χ1) is 10.1. The number of aliphatic hydroxyl groups excluding tert-OH is 1. The van der Waals surface area contributed by atoms with E-state index in [9.17, 15) is 0 Å². The molecule has 0 saturated carbocycles. The molecule has 116 valence electrons. The number of nitrogens with zero attached hydrogens (tertiary/aromatic N) is 1. The average Bonchev–Trinajstić information content (AvgIpc) is 2.49. The summed E-state index contributed by atoms with van der Waals surface area (Å²) in [6.45, 7) is 4.96. The topological polar surface area (TPSA) is 68.0 Å². The monoisotopic (exact) mass is 310 g/mol. The molecule has 2 rings (SSSR count). The summed E-state index contributed by atoms with van der Waals surface area (Å²) in [7, 11) is 0. The molecule has 2 unspecified atom stereocenters. The zero-order valence-corrected chi connectivity index (χ0v) is 13.0. The maximum atomic E-state index is 9.17. The predicted molar refractivity (Wildman–Crippen MR) is 85.7 cm³/mol. The van der Waals surface area contributed by atoms with Gasteiger partial charge in [-0.2, -0.15) is 0 Å². The number of ether oxygens (including phenoxy) is 2. The minimum atomic E-state index is -0.0916. The second-order valence-electron chi connectivity index (χ2n) is 5.22. The van der Waals surface area contributed by atoms with Crippen molar-refractivity contribution in [2.24, 2.45) is 5.73 Å². The summed E-state index contributed by atoms with van der Waals surface area (Å²) in [6, 6.07) is 7.79. The Balaban J connectivity index is 1.79. The van der Waals surface area contributed by atoms with Gasteiger partial charge in [0.2, 0.25) is 0 Å². The third kappa shape index (κ3) is 4.64. The van der Waals surface area contributed by atoms with E-state index in [4.69, 9.17) is 32.5 Å². The van der Waals surface area contributed by atoms with Crippen LogP contribution in [0.15, 0.2) is 24.3 Å². The number of aliphatic hydroxyl groups is 1. The summed E-state index contributed by atoms with van der Waals surface area (Å²) in [5.41, 5.74) is 6.39. The summed E-state index contributed by atoms with van der Waals surface area (Å²) in [4.78, 5) is 2.66. The molecule has 1 aromatic rings. The van der Waals surface area contributed by atoms with Crippen LogP contribution in [0.2, 0.25) is 0 Å². The van der Waals surface area contributed by atoms with Gasteiger partial charge in [0.15, 0.2) is 0 Å². The van der Waals surface area contributed by atoms with Crippen LogP contribution in [0.5, 0.6) is 5.75 Å². The van der Waals surface area contributed by atoms with Crippen LogP contribution in [0.1, 0.15) is 12.5 Å². The molecule has 6 heteroatoms. The first-order valence-electron chi connectivity index (χ1n) is 7.09. The van der Waals surface area contributed by atoms with Gasteiger partial charge in [-0.25, -0.2) is 0 Å². The zero-order valence-electron chi connectivity index (χ0n) is 12.2. The SMILES string of the molecule is CC1COC(CO)CN1CCOc1ccc(C(N)=S)cc1. The molecule has 1 heterocycles. The van der Waals surface area contributed by atoms with Gasteiger partial charge in [-0.15, -0.1) is 0 Å². The lowest BCUT2D eigenvalue weighted by Crippen LogP contribution is -2.50. The van der Waals surface area contributed by atoms with Crippen LogP contribution in [0.3, 0.4) is 0 Å². The molecule has 0 aliphatic carbocycles. The van der Waals surface area contributed by atoms with E-state index in [0.717, 1.165) is 24.4 Å². The quantitative estimate of drug-likeness (QED) is 0.757. The summed E-state index contributed by atoms with van der Waals surface area (Å²) in [5.74, 6) is 0.801. The van der Waals surface area contributed by atoms with Crippen LogP contribution >= 0.6 is 12.2 Å². The van der Waals surface area contributed by atoms with Gasteiger partial charge in [0.1, 0.15) is 17.3 Å². The lowest BCUT2D eigenvalue weighted by molar-refractivity contribution is -0.0798. The molecule has 0 bridgehead atoms. The third-order valence-corrected chi connectivity index (χ3v) is 3.86. The Labute approximate surface area is 130 Å². The maximum absolute atomic E-state index is 9.17. The summed E-state index contributed by atoms with van der Waals surface area (Å²) in [5, 5.41) is 9.17. The highest BCUT2D eigenvalue weighted by Gasteiger charge is 2.25. The highest BCUT2D eigenvalue weighted by molar-refractivity contribution is 7.80. The summed E-state index contributed by atoms with van der Waals surface area (Å²) >= 11 is 4.91. The molecule has 0 aromatic heterocycles. The number of morpholine rings is 1. The minimum Gasteiger partial charge on any atom is -0.492 e. The lowest BCUT2D eigenvalue weighted by Gasteiger charge is -2.37. The smallest absolute Gasteiger partial charge is 0.119 e. The van der Waals surface area contributed by atoms with Crippen LogP contribution in [0, 0.1) is 0 Å². The number of rotatable bonds is 6. The van der Waals surface area contributed by atoms with E-state index < -0.39 is 0 Å². The van der Waals surface area contributed by atoms with Crippen molar-refractivity contribution in [1.82, 2.24) is 4.90 Å². The summed E-state index contributed by atoms with van der Waals surface area (Å²) < 4.78 is 11.2. The third-order valence-electron chi connectivity index (χ3n) is 3.62. The second kappa shape index (κ2) is 7.70. The van der Waals surface area contributed by atoms with Crippen molar-refractivity contribution in [2.45, 2.75) is 19.1 Å². The molecule has 2 atom stereocenters. The van der Waals surface area contributed by atoms with Crippen molar-refractivity contribution in [3.05, 3.63) is 29.8 Å². The first kappa shape index (κ1) is 16.2. The van der Waals surface area contributed by atoms with Crippen molar-refractivity contribution in [3.63, 3.8) is 0 Å². The van der Waals surface area contributed by atoms with Crippen molar-refractivity contribution in [2.75, 3.05) is 32.9 Å². The van der Waals surface area contributed by atoms with Gasteiger partial charge < -0.3 is 20.3 Å². The van der Waals surface area contributed by atoms with Crippen molar-refractivity contribution < 1.29 is 14.6 Å². The van der Waals surface area contributed by atoms with Gasteiger partial charge in [-0.1, -0.05) is 12.2 Å². The average molecular weight is 310 g/mol. The molecule has 1 aromatic carbocycles. The van der Waals surface area contributed by atoms with E-state index >= 15 is 0 Å². The minimum absolute atomic E-state index is 0.0601. The predicted octanol–water partition coefficient (Wildman–Crippen LogP) is 0.781. The first-order valence-corrected chi connectivity index (χ1v) is 7.50. The van der Waals surface area contributed by atoms with E-state index in [-0.39, 0.29) is 12.7 Å². The molecular weight excluding hydrogens is 288 g/mol. The molecule has 1 aliphatic rings. The maximum Gasteiger partial charge on any atom is 0.119 e. The Bertz CT molecular complexity index is 466. The normalized spacial score (nSPS) is 23.0. The Morgan fingerprint density at radius 3 is 2.81 bits per heavy atom. The van der Waals surface area contributed by atoms with Gasteiger partial charge >= 0.3 is 0 Å². The van der Waals surface area contributed by atoms with Gasteiger partial charge in [-0.05, 0) is 31.2 Å². The number of nitrogens with two attached hydrogens (primary N) is 1. The zero-order chi connectivity index (χ0) is 15.2. The Kier molecular flexibility index (Phi) is 5.93. The van der Waals surface area contributed by atoms with Crippen LogP contribution in [-0.2, 0) is 4.74 Å². The Morgan fingerprint density at radius 2 is 2.19 bits per heavy atom. The number of thiocarbonyl (C=S) groups is 1. The molecule has 5 nitrogen and oxygen atoms in total. The van der Waals surface area contributed by atoms with Crippen LogP contribution in [-0.4, -0.2) is 60.1 Å². The molecule has 1 saturated heterocycles. The highest BCUT2D eigenvalue weighted by Crippen LogP contribution is 2.14. The lowest BCUT2D eigenvalue weighted by atomic mass is 10.2. The number of hydrogen-bond acceptors (Lipinski definition) is 5. The fourth-order valence-electron chi connectivity index (χ4n) is 2.29. The molecular formula is C15H22N2O3S. The molecule has 0 amide bonds. The second-order valence-corrected chi connectivity index (χ2v) is 5.66. The van der Waals surface area contributed by atoms with Crippen LogP contribution < -0.4 is 10.5 Å². The van der Waals surface area contributed by atoms with E-state index in [2.05, 4.69) is 11.8 Å². The van der Waals surface area contributed by atoms with Crippen molar-refractivity contribution in [1.29, 1.82) is 0 Å². The van der Waals surface area contributed by atoms with Crippen LogP contribution in [0.4, 0.5) is 0 Å². The number of hydrogen-bond donors (Lipinski definition) is 2. The van der Waals surface area contributed by atoms with E-state index in [1.54, 1.807) is 0 Å². The highest BCUT2D eigenvalue weighted by atomic mass is 32.1. The van der Waals surface area contributed by atoms with Gasteiger partial charge in [0.25, 0.3) is 0 Å². The molecule has 3 N–H and O–H groups in total. The fraction of sp³-hybridized carbons (Fsp3) is 0.533. The molecule has 1 fully saturated rings. The fourth-order valence-corrected chi connectivity index (χ4v) is 2.43. The Hall–Kier alpha value is -1.21. The molecule has 1 aliphatic heterocycles. The van der Waals surface area contributed by atoms with Crippen molar-refractivity contribution in [3.8, 4) is 5.75 Å². The largest absolute Gasteiger partial charge is 0.492 e. The Morgan fingerprint density at radius 1 is 1.48 bits per heavy atom. The van der Waals surface area contributed by atoms with Gasteiger partial charge in [0, 0.05) is 24.7 Å². The molecule has 0 radical (unpaired) electrons. The number of benzene rings is 1. The molecule has 0 spiro atoms. The van der Waals surface area contributed by atoms with E-state index in [1.165, 1.54) is 0 Å². The van der Waals surface area contributed by atoms with Crippen LogP contribution in [0.25, 0.3) is 0 Å². The van der Waals surface area contributed by atoms with Gasteiger partial charge in [-0.3, -0.25) is 4.90 Å². The van der Waals surface area contributed by atoms with Gasteiger partial charge in [0.05, 0.1) is 19.3 Å². The van der Waals surface area contributed by atoms with E-state index in [0.29, 0.717) is 24.2 Å². The van der Waals surface area contributed by atoms with Crippen molar-refractivity contribution >= 4 is 17.2 Å².